The standard InChI is InChI=1S/C25H26N4O3S/c1-14-12-15(2)27-25(26-14)28-22(18-8-6-9-19(13-18)31-5)21-16(3)17(4)33-24(21)29-23(30)20-10-7-11-32-20/h6-13,22H,1-5H3,(H,29,30)(H,26,27,28)/t22-/m1/s1. The summed E-state index contributed by atoms with van der Waals surface area (Å²) in [5.41, 5.74) is 4.75. The van der Waals surface area contributed by atoms with Crippen LogP contribution in [0.2, 0.25) is 0 Å². The van der Waals surface area contributed by atoms with Crippen molar-refractivity contribution in [2.75, 3.05) is 17.7 Å². The maximum absolute atomic E-state index is 12.8. The van der Waals surface area contributed by atoms with Crippen LogP contribution in [0, 0.1) is 27.7 Å². The number of anilines is 2. The summed E-state index contributed by atoms with van der Waals surface area (Å²) in [4.78, 5) is 23.1. The van der Waals surface area contributed by atoms with Gasteiger partial charge in [-0.2, -0.15) is 0 Å². The fourth-order valence-corrected chi connectivity index (χ4v) is 4.81. The highest BCUT2D eigenvalue weighted by Crippen LogP contribution is 2.41. The Hall–Kier alpha value is -3.65. The predicted octanol–water partition coefficient (Wildman–Crippen LogP) is 5.83. The van der Waals surface area contributed by atoms with E-state index in [0.29, 0.717) is 5.95 Å². The number of nitrogens with zero attached hydrogens (tertiary/aromatic N) is 2. The van der Waals surface area contributed by atoms with Crippen LogP contribution in [0.25, 0.3) is 0 Å². The van der Waals surface area contributed by atoms with Crippen LogP contribution in [0.15, 0.2) is 53.1 Å². The molecule has 1 amide bonds. The van der Waals surface area contributed by atoms with Gasteiger partial charge in [0.2, 0.25) is 5.95 Å². The fraction of sp³-hybridized carbons (Fsp3) is 0.240. The van der Waals surface area contributed by atoms with Gasteiger partial charge in [0.15, 0.2) is 5.76 Å². The molecule has 170 valence electrons. The zero-order valence-corrected chi connectivity index (χ0v) is 20.0. The Kier molecular flexibility index (Phi) is 6.46. The number of methoxy groups -OCH3 is 1. The van der Waals surface area contributed by atoms with Gasteiger partial charge in [-0.3, -0.25) is 4.79 Å². The number of carbonyl (C=O) groups is 1. The molecule has 3 aromatic heterocycles. The molecule has 0 radical (unpaired) electrons. The van der Waals surface area contributed by atoms with E-state index in [1.54, 1.807) is 19.2 Å². The van der Waals surface area contributed by atoms with Gasteiger partial charge in [-0.1, -0.05) is 12.1 Å². The largest absolute Gasteiger partial charge is 0.497 e. The van der Waals surface area contributed by atoms with E-state index in [-0.39, 0.29) is 17.7 Å². The van der Waals surface area contributed by atoms with E-state index in [0.717, 1.165) is 43.7 Å². The highest BCUT2D eigenvalue weighted by Gasteiger charge is 2.26. The summed E-state index contributed by atoms with van der Waals surface area (Å²) in [7, 11) is 1.64. The van der Waals surface area contributed by atoms with Crippen molar-refractivity contribution in [3.8, 4) is 5.75 Å². The first kappa shape index (κ1) is 22.5. The number of hydrogen-bond donors (Lipinski definition) is 2. The molecule has 33 heavy (non-hydrogen) atoms. The molecule has 7 nitrogen and oxygen atoms in total. The lowest BCUT2D eigenvalue weighted by Gasteiger charge is -2.22. The van der Waals surface area contributed by atoms with Gasteiger partial charge in [0, 0.05) is 21.8 Å². The first-order chi connectivity index (χ1) is 15.9. The summed E-state index contributed by atoms with van der Waals surface area (Å²) in [6.45, 7) is 7.98. The topological polar surface area (TPSA) is 89.3 Å². The number of thiophene rings is 1. The van der Waals surface area contributed by atoms with E-state index < -0.39 is 0 Å². The van der Waals surface area contributed by atoms with E-state index in [4.69, 9.17) is 9.15 Å². The van der Waals surface area contributed by atoms with Crippen LogP contribution in [0.4, 0.5) is 10.9 Å². The normalized spacial score (nSPS) is 11.8. The molecule has 0 spiro atoms. The molecule has 0 aliphatic heterocycles. The van der Waals surface area contributed by atoms with Crippen LogP contribution in [-0.2, 0) is 0 Å². The first-order valence-corrected chi connectivity index (χ1v) is 11.3. The van der Waals surface area contributed by atoms with Crippen LogP contribution in [0.5, 0.6) is 5.75 Å². The Morgan fingerprint density at radius 3 is 2.48 bits per heavy atom. The predicted molar refractivity (Wildman–Crippen MR) is 130 cm³/mol. The third kappa shape index (κ3) is 4.90. The van der Waals surface area contributed by atoms with Gasteiger partial charge in [-0.25, -0.2) is 9.97 Å². The molecule has 1 atom stereocenters. The summed E-state index contributed by atoms with van der Waals surface area (Å²) >= 11 is 1.53. The van der Waals surface area contributed by atoms with Crippen molar-refractivity contribution in [2.45, 2.75) is 33.7 Å². The van der Waals surface area contributed by atoms with Crippen molar-refractivity contribution in [3.05, 3.63) is 87.4 Å². The van der Waals surface area contributed by atoms with Crippen molar-refractivity contribution < 1.29 is 13.9 Å². The Morgan fingerprint density at radius 2 is 1.82 bits per heavy atom. The molecule has 0 bridgehead atoms. The minimum Gasteiger partial charge on any atom is -0.497 e. The maximum atomic E-state index is 12.8. The Labute approximate surface area is 196 Å². The number of furan rings is 1. The Bertz CT molecular complexity index is 1260. The average molecular weight is 463 g/mol. The van der Waals surface area contributed by atoms with Crippen LogP contribution in [0.1, 0.15) is 49.6 Å². The number of ether oxygens (including phenoxy) is 1. The molecule has 0 unspecified atom stereocenters. The van der Waals surface area contributed by atoms with Gasteiger partial charge in [0.05, 0.1) is 19.4 Å². The van der Waals surface area contributed by atoms with Gasteiger partial charge in [0.25, 0.3) is 5.91 Å². The second-order valence-electron chi connectivity index (χ2n) is 7.79. The number of aromatic nitrogens is 2. The van der Waals surface area contributed by atoms with Gasteiger partial charge in [-0.05, 0) is 69.2 Å². The lowest BCUT2D eigenvalue weighted by molar-refractivity contribution is 0.0997. The van der Waals surface area contributed by atoms with Crippen molar-refractivity contribution in [3.63, 3.8) is 0 Å². The molecule has 4 aromatic rings. The summed E-state index contributed by atoms with van der Waals surface area (Å²) in [6.07, 6.45) is 1.48. The van der Waals surface area contributed by atoms with Gasteiger partial charge in [0.1, 0.15) is 10.8 Å². The Morgan fingerprint density at radius 1 is 1.06 bits per heavy atom. The van der Waals surface area contributed by atoms with E-state index in [1.165, 1.54) is 17.6 Å². The SMILES string of the molecule is COc1cccc([C@@H](Nc2nc(C)cc(C)n2)c2c(NC(=O)c3ccco3)sc(C)c2C)c1. The molecule has 8 heteroatoms. The second kappa shape index (κ2) is 9.46. The number of hydrogen-bond acceptors (Lipinski definition) is 7. The molecular formula is C25H26N4O3S. The van der Waals surface area contributed by atoms with Crippen molar-refractivity contribution in [2.24, 2.45) is 0 Å². The molecule has 3 heterocycles. The van der Waals surface area contributed by atoms with E-state index in [2.05, 4.69) is 27.5 Å². The highest BCUT2D eigenvalue weighted by molar-refractivity contribution is 7.16. The van der Waals surface area contributed by atoms with Crippen LogP contribution >= 0.6 is 11.3 Å². The summed E-state index contributed by atoms with van der Waals surface area (Å²) in [5, 5.41) is 7.28. The number of rotatable bonds is 7. The molecule has 0 fully saturated rings. The highest BCUT2D eigenvalue weighted by atomic mass is 32.1. The zero-order valence-electron chi connectivity index (χ0n) is 19.2. The second-order valence-corrected chi connectivity index (χ2v) is 9.01. The zero-order chi connectivity index (χ0) is 23.5. The van der Waals surface area contributed by atoms with Gasteiger partial charge >= 0.3 is 0 Å². The minimum absolute atomic E-state index is 0.258. The van der Waals surface area contributed by atoms with E-state index >= 15 is 0 Å². The molecule has 0 saturated heterocycles. The van der Waals surface area contributed by atoms with E-state index in [1.807, 2.05) is 51.1 Å². The monoisotopic (exact) mass is 462 g/mol. The molecule has 0 aliphatic rings. The van der Waals surface area contributed by atoms with Gasteiger partial charge in [-0.15, -0.1) is 11.3 Å². The number of benzene rings is 1. The van der Waals surface area contributed by atoms with Crippen molar-refractivity contribution >= 4 is 28.2 Å². The number of nitrogens with one attached hydrogen (secondary N) is 2. The molecule has 0 aliphatic carbocycles. The molecule has 0 saturated carbocycles. The third-order valence-electron chi connectivity index (χ3n) is 5.38. The van der Waals surface area contributed by atoms with Crippen LogP contribution in [0.3, 0.4) is 0 Å². The Balaban J connectivity index is 1.82. The van der Waals surface area contributed by atoms with Crippen molar-refractivity contribution in [1.29, 1.82) is 0 Å². The van der Waals surface area contributed by atoms with Gasteiger partial charge < -0.3 is 19.8 Å². The van der Waals surface area contributed by atoms with Crippen molar-refractivity contribution in [1.82, 2.24) is 9.97 Å². The molecular weight excluding hydrogens is 436 g/mol. The third-order valence-corrected chi connectivity index (χ3v) is 6.51. The molecule has 1 aromatic carbocycles. The fourth-order valence-electron chi connectivity index (χ4n) is 3.72. The lowest BCUT2D eigenvalue weighted by Crippen LogP contribution is -2.18. The quantitative estimate of drug-likeness (QED) is 0.359. The first-order valence-electron chi connectivity index (χ1n) is 10.5. The van der Waals surface area contributed by atoms with E-state index in [9.17, 15) is 4.79 Å². The lowest BCUT2D eigenvalue weighted by atomic mass is 9.96. The average Bonchev–Trinajstić information content (AvgIpc) is 3.41. The summed E-state index contributed by atoms with van der Waals surface area (Å²) in [5.74, 6) is 1.22. The number of amides is 1. The number of aryl methyl sites for hydroxylation is 3. The minimum atomic E-state index is -0.321. The molecule has 2 N–H and O–H groups in total. The molecule has 4 rings (SSSR count). The maximum Gasteiger partial charge on any atom is 0.291 e. The smallest absolute Gasteiger partial charge is 0.291 e. The van der Waals surface area contributed by atoms with Crippen LogP contribution in [-0.4, -0.2) is 23.0 Å². The number of carbonyl (C=O) groups excluding carboxylic acids is 1. The van der Waals surface area contributed by atoms with Crippen LogP contribution < -0.4 is 15.4 Å². The summed E-state index contributed by atoms with van der Waals surface area (Å²) in [6, 6.07) is 12.8. The summed E-state index contributed by atoms with van der Waals surface area (Å²) < 4.78 is 10.8.